The van der Waals surface area contributed by atoms with Gasteiger partial charge in [-0.2, -0.15) is 0 Å². The van der Waals surface area contributed by atoms with Crippen molar-refractivity contribution >= 4 is 11.7 Å². The van der Waals surface area contributed by atoms with Gasteiger partial charge >= 0.3 is 0 Å². The first-order valence-corrected chi connectivity index (χ1v) is 8.04. The van der Waals surface area contributed by atoms with Gasteiger partial charge in [-0.15, -0.1) is 0 Å². The number of β-amino-alcohol motifs (C(OH)–C–C–N with tert-alkyl or cyclic N) is 1. The second-order valence-corrected chi connectivity index (χ2v) is 6.43. The third-order valence-corrected chi connectivity index (χ3v) is 4.25. The molecule has 24 heavy (non-hydrogen) atoms. The van der Waals surface area contributed by atoms with Crippen molar-refractivity contribution in [2.45, 2.75) is 25.4 Å². The highest BCUT2D eigenvalue weighted by Gasteiger charge is 2.36. The third kappa shape index (κ3) is 3.56. The van der Waals surface area contributed by atoms with Gasteiger partial charge in [0.15, 0.2) is 0 Å². The summed E-state index contributed by atoms with van der Waals surface area (Å²) in [5.41, 5.74) is -0.320. The molecule has 3 heterocycles. The number of nitrogens with zero attached hydrogens (tertiary/aromatic N) is 4. The zero-order chi connectivity index (χ0) is 17.2. The average molecular weight is 330 g/mol. The Labute approximate surface area is 140 Å². The van der Waals surface area contributed by atoms with Crippen LogP contribution in [0.1, 0.15) is 29.1 Å². The van der Waals surface area contributed by atoms with Crippen LogP contribution in [0.2, 0.25) is 0 Å². The van der Waals surface area contributed by atoms with Gasteiger partial charge in [-0.3, -0.25) is 4.79 Å². The Balaban J connectivity index is 1.67. The highest BCUT2D eigenvalue weighted by Crippen LogP contribution is 2.25. The maximum Gasteiger partial charge on any atom is 0.292 e. The van der Waals surface area contributed by atoms with E-state index in [-0.39, 0.29) is 18.2 Å². The van der Waals surface area contributed by atoms with Crippen molar-refractivity contribution in [2.75, 3.05) is 31.6 Å². The molecule has 1 aliphatic heterocycles. The van der Waals surface area contributed by atoms with Crippen LogP contribution in [0.4, 0.5) is 5.82 Å². The predicted octanol–water partition coefficient (Wildman–Crippen LogP) is 1.48. The summed E-state index contributed by atoms with van der Waals surface area (Å²) in [7, 11) is 1.66. The molecular formula is C17H22N4O3. The number of amides is 1. The smallest absolute Gasteiger partial charge is 0.292 e. The lowest BCUT2D eigenvalue weighted by Crippen LogP contribution is -2.54. The van der Waals surface area contributed by atoms with E-state index in [1.54, 1.807) is 26.2 Å². The van der Waals surface area contributed by atoms with Gasteiger partial charge < -0.3 is 19.4 Å². The predicted molar refractivity (Wildman–Crippen MR) is 88.8 cm³/mol. The van der Waals surface area contributed by atoms with E-state index in [2.05, 4.69) is 15.0 Å². The zero-order valence-electron chi connectivity index (χ0n) is 14.0. The second-order valence-electron chi connectivity index (χ2n) is 6.43. The molecule has 3 rings (SSSR count). The molecule has 1 saturated heterocycles. The topological polar surface area (TPSA) is 82.7 Å². The minimum Gasteiger partial charge on any atom is -0.386 e. The Morgan fingerprint density at radius 3 is 3.00 bits per heavy atom. The molecule has 0 radical (unpaired) electrons. The largest absolute Gasteiger partial charge is 0.386 e. The molecule has 1 amide bonds. The van der Waals surface area contributed by atoms with Crippen LogP contribution in [0.5, 0.6) is 0 Å². The Morgan fingerprint density at radius 1 is 1.50 bits per heavy atom. The molecule has 2 aromatic rings. The number of carbonyl (C=O) groups excluding carboxylic acids is 1. The second kappa shape index (κ2) is 6.60. The number of aryl methyl sites for hydroxylation is 1. The molecule has 0 bridgehead atoms. The fraction of sp³-hybridized carbons (Fsp3) is 0.471. The molecule has 7 heteroatoms. The number of rotatable bonds is 4. The number of carbonyl (C=O) groups is 1. The highest BCUT2D eigenvalue weighted by molar-refractivity contribution is 5.91. The first-order chi connectivity index (χ1) is 11.5. The monoisotopic (exact) mass is 330 g/mol. The van der Waals surface area contributed by atoms with Crippen molar-refractivity contribution in [3.05, 3.63) is 41.9 Å². The van der Waals surface area contributed by atoms with Crippen LogP contribution >= 0.6 is 0 Å². The van der Waals surface area contributed by atoms with E-state index in [1.165, 1.54) is 4.90 Å². The number of likely N-dealkylation sites (N-methyl/N-ethyl adjacent to an activating group) is 1. The van der Waals surface area contributed by atoms with Gasteiger partial charge in [-0.05, 0) is 31.9 Å². The molecule has 2 aromatic heterocycles. The first-order valence-electron chi connectivity index (χ1n) is 8.04. The number of aliphatic hydroxyl groups is 1. The van der Waals surface area contributed by atoms with E-state index in [0.29, 0.717) is 18.7 Å². The van der Waals surface area contributed by atoms with Gasteiger partial charge in [0.05, 0.1) is 17.8 Å². The van der Waals surface area contributed by atoms with Crippen LogP contribution < -0.4 is 4.90 Å². The van der Waals surface area contributed by atoms with E-state index >= 15 is 0 Å². The Bertz CT molecular complexity index is 703. The molecular weight excluding hydrogens is 308 g/mol. The number of aromatic nitrogens is 2. The summed E-state index contributed by atoms with van der Waals surface area (Å²) in [4.78, 5) is 20.3. The summed E-state index contributed by atoms with van der Waals surface area (Å²) in [6.45, 7) is 3.28. The maximum absolute atomic E-state index is 12.4. The van der Waals surface area contributed by atoms with E-state index in [4.69, 9.17) is 4.52 Å². The normalized spacial score (nSPS) is 20.9. The molecule has 1 atom stereocenters. The standard InChI is InChI=1S/C17H22N4O3/c1-13-10-14(24-19-13)16(22)20(2)11-17(23)7-5-9-21(12-17)15-6-3-4-8-18-15/h3-4,6,8,10,23H,5,7,9,11-12H2,1-2H3/t17-/m1/s1. The summed E-state index contributed by atoms with van der Waals surface area (Å²) < 4.78 is 5.02. The summed E-state index contributed by atoms with van der Waals surface area (Å²) in [6, 6.07) is 7.32. The zero-order valence-corrected chi connectivity index (χ0v) is 14.0. The lowest BCUT2D eigenvalue weighted by molar-refractivity contribution is -0.00106. The van der Waals surface area contributed by atoms with E-state index in [1.807, 2.05) is 18.2 Å². The van der Waals surface area contributed by atoms with Crippen molar-refractivity contribution in [1.29, 1.82) is 0 Å². The third-order valence-electron chi connectivity index (χ3n) is 4.25. The van der Waals surface area contributed by atoms with Crippen LogP contribution in [0.25, 0.3) is 0 Å². The molecule has 1 fully saturated rings. The molecule has 0 spiro atoms. The fourth-order valence-corrected chi connectivity index (χ4v) is 3.14. The fourth-order valence-electron chi connectivity index (χ4n) is 3.14. The van der Waals surface area contributed by atoms with Crippen molar-refractivity contribution in [3.63, 3.8) is 0 Å². The van der Waals surface area contributed by atoms with E-state index < -0.39 is 5.60 Å². The number of hydrogen-bond acceptors (Lipinski definition) is 6. The molecule has 128 valence electrons. The molecule has 0 unspecified atom stereocenters. The van der Waals surface area contributed by atoms with Crippen LogP contribution in [0.15, 0.2) is 35.0 Å². The van der Waals surface area contributed by atoms with Crippen molar-refractivity contribution in [1.82, 2.24) is 15.0 Å². The van der Waals surface area contributed by atoms with Crippen molar-refractivity contribution in [2.24, 2.45) is 0 Å². The summed E-state index contributed by atoms with van der Waals surface area (Å²) in [5.74, 6) is 0.755. The number of pyridine rings is 1. The summed E-state index contributed by atoms with van der Waals surface area (Å²) in [5, 5.41) is 14.7. The quantitative estimate of drug-likeness (QED) is 0.914. The molecule has 0 aliphatic carbocycles. The van der Waals surface area contributed by atoms with Crippen molar-refractivity contribution < 1.29 is 14.4 Å². The van der Waals surface area contributed by atoms with Crippen molar-refractivity contribution in [3.8, 4) is 0 Å². The van der Waals surface area contributed by atoms with Gasteiger partial charge in [-0.25, -0.2) is 4.98 Å². The van der Waals surface area contributed by atoms with Gasteiger partial charge in [0.2, 0.25) is 5.76 Å². The molecule has 7 nitrogen and oxygen atoms in total. The minimum atomic E-state index is -0.977. The molecule has 1 N–H and O–H groups in total. The first kappa shape index (κ1) is 16.4. The maximum atomic E-state index is 12.4. The Morgan fingerprint density at radius 2 is 2.33 bits per heavy atom. The molecule has 0 saturated carbocycles. The SMILES string of the molecule is Cc1cc(C(=O)N(C)C[C@]2(O)CCCN(c3ccccn3)C2)on1. The van der Waals surface area contributed by atoms with Gasteiger partial charge in [0.25, 0.3) is 5.91 Å². The lowest BCUT2D eigenvalue weighted by atomic mass is 9.92. The summed E-state index contributed by atoms with van der Waals surface area (Å²) >= 11 is 0. The van der Waals surface area contributed by atoms with Crippen LogP contribution in [-0.2, 0) is 0 Å². The Hall–Kier alpha value is -2.41. The van der Waals surface area contributed by atoms with Gasteiger partial charge in [0.1, 0.15) is 5.82 Å². The number of hydrogen-bond donors (Lipinski definition) is 1. The molecule has 0 aromatic carbocycles. The summed E-state index contributed by atoms with van der Waals surface area (Å²) in [6.07, 6.45) is 3.23. The van der Waals surface area contributed by atoms with Gasteiger partial charge in [0, 0.05) is 32.4 Å². The van der Waals surface area contributed by atoms with Crippen LogP contribution in [-0.4, -0.2) is 58.3 Å². The van der Waals surface area contributed by atoms with E-state index in [0.717, 1.165) is 18.8 Å². The number of anilines is 1. The van der Waals surface area contributed by atoms with Crippen LogP contribution in [0, 0.1) is 6.92 Å². The molecule has 1 aliphatic rings. The average Bonchev–Trinajstić information content (AvgIpc) is 3.01. The van der Waals surface area contributed by atoms with E-state index in [9.17, 15) is 9.90 Å². The minimum absolute atomic E-state index is 0.191. The number of piperidine rings is 1. The lowest BCUT2D eigenvalue weighted by Gasteiger charge is -2.41. The van der Waals surface area contributed by atoms with Gasteiger partial charge in [-0.1, -0.05) is 11.2 Å². The van der Waals surface area contributed by atoms with Crippen LogP contribution in [0.3, 0.4) is 0 Å². The Kier molecular flexibility index (Phi) is 4.53. The highest BCUT2D eigenvalue weighted by atomic mass is 16.5.